The number of halogens is 1. The second-order valence-electron chi connectivity index (χ2n) is 6.06. The first-order chi connectivity index (χ1) is 14.0. The highest BCUT2D eigenvalue weighted by atomic mass is 35.5. The smallest absolute Gasteiger partial charge is 0.258 e. The Morgan fingerprint density at radius 2 is 1.93 bits per heavy atom. The molecule has 0 aliphatic rings. The number of carbonyl (C=O) groups excluding carboxylic acids is 1. The van der Waals surface area contributed by atoms with Crippen LogP contribution in [0.2, 0.25) is 5.02 Å². The van der Waals surface area contributed by atoms with E-state index in [9.17, 15) is 4.79 Å². The lowest BCUT2D eigenvalue weighted by molar-refractivity contribution is -0.123. The van der Waals surface area contributed by atoms with Gasteiger partial charge in [0.15, 0.2) is 18.1 Å². The topological polar surface area (TPSA) is 95.7 Å². The zero-order valence-corrected chi connectivity index (χ0v) is 16.9. The Morgan fingerprint density at radius 3 is 2.66 bits per heavy atom. The molecule has 0 saturated heterocycles. The van der Waals surface area contributed by atoms with Gasteiger partial charge >= 0.3 is 0 Å². The van der Waals surface area contributed by atoms with Crippen LogP contribution in [0.3, 0.4) is 0 Å². The van der Waals surface area contributed by atoms with Gasteiger partial charge in [-0.25, -0.2) is 0 Å². The summed E-state index contributed by atoms with van der Waals surface area (Å²) >= 11 is 5.97. The molecule has 1 N–H and O–H groups in total. The van der Waals surface area contributed by atoms with Gasteiger partial charge in [-0.15, -0.1) is 0 Å². The van der Waals surface area contributed by atoms with Crippen molar-refractivity contribution in [1.82, 2.24) is 15.5 Å². The predicted molar refractivity (Wildman–Crippen MR) is 106 cm³/mol. The summed E-state index contributed by atoms with van der Waals surface area (Å²) in [6, 6.07) is 10.5. The number of nitrogens with zero attached hydrogens (tertiary/aromatic N) is 2. The van der Waals surface area contributed by atoms with Crippen molar-refractivity contribution in [2.45, 2.75) is 13.5 Å². The van der Waals surface area contributed by atoms with Gasteiger partial charge in [0.05, 0.1) is 20.8 Å². The lowest BCUT2D eigenvalue weighted by atomic mass is 10.2. The minimum absolute atomic E-state index is 0.0854. The van der Waals surface area contributed by atoms with Gasteiger partial charge < -0.3 is 24.1 Å². The molecule has 1 aromatic heterocycles. The van der Waals surface area contributed by atoms with Crippen LogP contribution in [-0.4, -0.2) is 36.9 Å². The third kappa shape index (κ3) is 5.17. The molecule has 0 spiro atoms. The van der Waals surface area contributed by atoms with Gasteiger partial charge in [-0.05, 0) is 48.9 Å². The van der Waals surface area contributed by atoms with E-state index >= 15 is 0 Å². The molecule has 0 radical (unpaired) electrons. The monoisotopic (exact) mass is 417 g/mol. The first kappa shape index (κ1) is 20.5. The molecular weight excluding hydrogens is 398 g/mol. The van der Waals surface area contributed by atoms with Crippen molar-refractivity contribution in [2.75, 3.05) is 20.8 Å². The van der Waals surface area contributed by atoms with E-state index < -0.39 is 0 Å². The Hall–Kier alpha value is -3.26. The van der Waals surface area contributed by atoms with E-state index in [0.717, 1.165) is 5.56 Å². The molecule has 29 heavy (non-hydrogen) atoms. The van der Waals surface area contributed by atoms with Gasteiger partial charge in [0.2, 0.25) is 11.7 Å². The van der Waals surface area contributed by atoms with E-state index in [1.165, 1.54) is 0 Å². The molecule has 1 amide bonds. The van der Waals surface area contributed by atoms with Crippen LogP contribution in [0.15, 0.2) is 40.9 Å². The maximum atomic E-state index is 12.0. The standard InChI is InChI=1S/C20H20ClN3O5/c1-12-8-14(5-6-15(12)21)28-11-18(25)22-10-19-23-20(24-29-19)13-4-7-16(26-2)17(9-13)27-3/h4-9H,10-11H2,1-3H3,(H,22,25). The molecule has 3 rings (SSSR count). The number of carbonyl (C=O) groups is 1. The fourth-order valence-electron chi connectivity index (χ4n) is 2.50. The second kappa shape index (κ2) is 9.29. The Kier molecular flexibility index (Phi) is 6.56. The van der Waals surface area contributed by atoms with E-state index in [4.69, 9.17) is 30.3 Å². The molecule has 0 aliphatic carbocycles. The number of aromatic nitrogens is 2. The van der Waals surface area contributed by atoms with Crippen molar-refractivity contribution in [1.29, 1.82) is 0 Å². The van der Waals surface area contributed by atoms with E-state index in [2.05, 4.69) is 15.5 Å². The minimum atomic E-state index is -0.316. The molecule has 0 atom stereocenters. The summed E-state index contributed by atoms with van der Waals surface area (Å²) in [5.41, 5.74) is 1.57. The number of methoxy groups -OCH3 is 2. The summed E-state index contributed by atoms with van der Waals surface area (Å²) in [6.07, 6.45) is 0. The summed E-state index contributed by atoms with van der Waals surface area (Å²) in [5.74, 6) is 2.05. The summed E-state index contributed by atoms with van der Waals surface area (Å²) in [7, 11) is 3.11. The zero-order valence-electron chi connectivity index (χ0n) is 16.2. The molecule has 2 aromatic carbocycles. The highest BCUT2D eigenvalue weighted by molar-refractivity contribution is 6.31. The number of amides is 1. The predicted octanol–water partition coefficient (Wildman–Crippen LogP) is 3.41. The average molecular weight is 418 g/mol. The maximum Gasteiger partial charge on any atom is 0.258 e. The molecule has 0 unspecified atom stereocenters. The number of ether oxygens (including phenoxy) is 3. The third-order valence-electron chi connectivity index (χ3n) is 4.05. The van der Waals surface area contributed by atoms with Crippen molar-refractivity contribution in [3.63, 3.8) is 0 Å². The van der Waals surface area contributed by atoms with Crippen LogP contribution in [0.5, 0.6) is 17.2 Å². The van der Waals surface area contributed by atoms with Gasteiger partial charge in [0, 0.05) is 10.6 Å². The number of benzene rings is 2. The number of rotatable bonds is 8. The van der Waals surface area contributed by atoms with Crippen molar-refractivity contribution >= 4 is 17.5 Å². The SMILES string of the molecule is COc1ccc(-c2noc(CNC(=O)COc3ccc(Cl)c(C)c3)n2)cc1OC. The van der Waals surface area contributed by atoms with E-state index in [1.54, 1.807) is 50.6 Å². The fraction of sp³-hybridized carbons (Fsp3) is 0.250. The zero-order chi connectivity index (χ0) is 20.8. The summed E-state index contributed by atoms with van der Waals surface area (Å²) < 4.78 is 21.1. The molecule has 9 heteroatoms. The lowest BCUT2D eigenvalue weighted by Gasteiger charge is -2.07. The largest absolute Gasteiger partial charge is 0.493 e. The molecular formula is C20H20ClN3O5. The molecule has 1 heterocycles. The van der Waals surface area contributed by atoms with E-state index in [1.807, 2.05) is 6.92 Å². The quantitative estimate of drug-likeness (QED) is 0.600. The van der Waals surface area contributed by atoms with Crippen LogP contribution in [-0.2, 0) is 11.3 Å². The van der Waals surface area contributed by atoms with Gasteiger partial charge in [-0.1, -0.05) is 16.8 Å². The first-order valence-electron chi connectivity index (χ1n) is 8.70. The molecule has 152 valence electrons. The van der Waals surface area contributed by atoms with Crippen LogP contribution in [0.25, 0.3) is 11.4 Å². The molecule has 0 fully saturated rings. The van der Waals surface area contributed by atoms with Crippen molar-refractivity contribution in [3.05, 3.63) is 52.9 Å². The van der Waals surface area contributed by atoms with Crippen molar-refractivity contribution in [3.8, 4) is 28.6 Å². The van der Waals surface area contributed by atoms with E-state index in [-0.39, 0.29) is 24.9 Å². The van der Waals surface area contributed by atoms with Crippen LogP contribution in [0.1, 0.15) is 11.5 Å². The Morgan fingerprint density at radius 1 is 1.14 bits per heavy atom. The minimum Gasteiger partial charge on any atom is -0.493 e. The van der Waals surface area contributed by atoms with E-state index in [0.29, 0.717) is 33.7 Å². The van der Waals surface area contributed by atoms with Gasteiger partial charge in [0.1, 0.15) is 5.75 Å². The van der Waals surface area contributed by atoms with Gasteiger partial charge in [-0.3, -0.25) is 4.79 Å². The van der Waals surface area contributed by atoms with Crippen molar-refractivity contribution in [2.24, 2.45) is 0 Å². The Labute approximate surface area is 172 Å². The Balaban J connectivity index is 1.55. The molecule has 0 aliphatic heterocycles. The summed E-state index contributed by atoms with van der Waals surface area (Å²) in [6.45, 7) is 1.81. The first-order valence-corrected chi connectivity index (χ1v) is 9.08. The molecule has 0 saturated carbocycles. The van der Waals surface area contributed by atoms with Crippen LogP contribution in [0, 0.1) is 6.92 Å². The third-order valence-corrected chi connectivity index (χ3v) is 4.47. The summed E-state index contributed by atoms with van der Waals surface area (Å²) in [4.78, 5) is 16.3. The van der Waals surface area contributed by atoms with Crippen LogP contribution < -0.4 is 19.5 Å². The number of hydrogen-bond donors (Lipinski definition) is 1. The maximum absolute atomic E-state index is 12.0. The fourth-order valence-corrected chi connectivity index (χ4v) is 2.62. The highest BCUT2D eigenvalue weighted by Gasteiger charge is 2.13. The molecule has 8 nitrogen and oxygen atoms in total. The van der Waals surface area contributed by atoms with Gasteiger partial charge in [-0.2, -0.15) is 4.98 Å². The number of aryl methyl sites for hydroxylation is 1. The molecule has 0 bridgehead atoms. The van der Waals surface area contributed by atoms with Crippen LogP contribution >= 0.6 is 11.6 Å². The lowest BCUT2D eigenvalue weighted by Crippen LogP contribution is -2.28. The average Bonchev–Trinajstić information content (AvgIpc) is 3.21. The van der Waals surface area contributed by atoms with Gasteiger partial charge in [0.25, 0.3) is 5.91 Å². The number of hydrogen-bond acceptors (Lipinski definition) is 7. The highest BCUT2D eigenvalue weighted by Crippen LogP contribution is 2.31. The molecule has 3 aromatic rings. The number of nitrogens with one attached hydrogen (secondary N) is 1. The van der Waals surface area contributed by atoms with Crippen LogP contribution in [0.4, 0.5) is 0 Å². The summed E-state index contributed by atoms with van der Waals surface area (Å²) in [5, 5.41) is 7.24. The van der Waals surface area contributed by atoms with Crippen molar-refractivity contribution < 1.29 is 23.5 Å². The second-order valence-corrected chi connectivity index (χ2v) is 6.47. The normalized spacial score (nSPS) is 10.5. The Bertz CT molecular complexity index is 1010.